The minimum Gasteiger partial charge on any atom is -0.103 e. The number of unbranched alkanes of at least 4 members (excludes halogenated alkanes) is 12. The molecule has 0 rings (SSSR count). The molecule has 0 aliphatic carbocycles. The fraction of sp³-hybridized carbons (Fsp3) is 0.789. The topological polar surface area (TPSA) is 0 Å². The first kappa shape index (κ1) is 18.3. The molecule has 0 aliphatic heterocycles. The summed E-state index contributed by atoms with van der Waals surface area (Å²) < 4.78 is 0. The maximum atomic E-state index is 3.74. The molecule has 0 aliphatic rings. The molecule has 0 unspecified atom stereocenters. The van der Waals surface area contributed by atoms with Crippen molar-refractivity contribution >= 4 is 0 Å². The summed E-state index contributed by atoms with van der Waals surface area (Å²) in [5, 5.41) is 0. The Morgan fingerprint density at radius 2 is 1.16 bits per heavy atom. The van der Waals surface area contributed by atoms with Crippen molar-refractivity contribution in [2.45, 2.75) is 96.8 Å². The van der Waals surface area contributed by atoms with Gasteiger partial charge in [-0.15, -0.1) is 18.4 Å². The highest BCUT2D eigenvalue weighted by Gasteiger charge is 1.89. The van der Waals surface area contributed by atoms with Crippen molar-refractivity contribution in [1.29, 1.82) is 0 Å². The van der Waals surface area contributed by atoms with Gasteiger partial charge in [-0.25, -0.2) is 0 Å². The van der Waals surface area contributed by atoms with Gasteiger partial charge in [-0.2, -0.15) is 0 Å². The van der Waals surface area contributed by atoms with Crippen LogP contribution in [0.4, 0.5) is 0 Å². The van der Waals surface area contributed by atoms with Crippen LogP contribution in [0.2, 0.25) is 0 Å². The molecule has 0 radical (unpaired) electrons. The van der Waals surface area contributed by atoms with E-state index in [1.54, 1.807) is 0 Å². The normalized spacial score (nSPS) is 9.95. The molecule has 0 heterocycles. The molecule has 0 bridgehead atoms. The van der Waals surface area contributed by atoms with Gasteiger partial charge in [0.25, 0.3) is 0 Å². The van der Waals surface area contributed by atoms with Crippen LogP contribution in [0.1, 0.15) is 96.8 Å². The lowest BCUT2D eigenvalue weighted by Crippen LogP contribution is -1.79. The van der Waals surface area contributed by atoms with E-state index in [0.29, 0.717) is 0 Å². The van der Waals surface area contributed by atoms with E-state index in [9.17, 15) is 0 Å². The van der Waals surface area contributed by atoms with E-state index in [4.69, 9.17) is 0 Å². The Morgan fingerprint density at radius 1 is 0.684 bits per heavy atom. The summed E-state index contributed by atoms with van der Waals surface area (Å²) in [5.74, 6) is 6.64. The molecule has 0 heteroatoms. The Balaban J connectivity index is 3.07. The number of hydrogen-bond donors (Lipinski definition) is 0. The second-order valence-corrected chi connectivity index (χ2v) is 5.47. The van der Waals surface area contributed by atoms with Crippen molar-refractivity contribution in [3.8, 4) is 11.8 Å². The minimum atomic E-state index is 1.10. The predicted molar refractivity (Wildman–Crippen MR) is 88.3 cm³/mol. The molecule has 110 valence electrons. The van der Waals surface area contributed by atoms with Crippen molar-refractivity contribution in [3.63, 3.8) is 0 Å². The van der Waals surface area contributed by atoms with Crippen LogP contribution < -0.4 is 0 Å². The van der Waals surface area contributed by atoms with Gasteiger partial charge in [0.1, 0.15) is 0 Å². The summed E-state index contributed by atoms with van der Waals surface area (Å²) in [6.07, 6.45) is 20.3. The van der Waals surface area contributed by atoms with Gasteiger partial charge in [-0.05, 0) is 25.7 Å². The van der Waals surface area contributed by atoms with Crippen LogP contribution in [0.15, 0.2) is 12.7 Å². The monoisotopic (exact) mass is 262 g/mol. The van der Waals surface area contributed by atoms with Gasteiger partial charge in [0.15, 0.2) is 0 Å². The number of allylic oxidation sites excluding steroid dienone is 1. The molecule has 0 saturated heterocycles. The average Bonchev–Trinajstić information content (AvgIpc) is 2.43. The SMILES string of the molecule is C=CCCCCCCC#CCCCCCCCCC. The maximum Gasteiger partial charge on any atom is 0.00886 e. The first-order valence-electron chi connectivity index (χ1n) is 8.48. The van der Waals surface area contributed by atoms with E-state index in [0.717, 1.165) is 12.8 Å². The molecule has 0 spiro atoms. The molecular weight excluding hydrogens is 228 g/mol. The standard InChI is InChI=1S/C19H34/c1-3-5-7-9-11-13-15-17-19-18-16-14-12-10-8-6-4-2/h3H,1,4-16,18H2,2H3. The highest BCUT2D eigenvalue weighted by Crippen LogP contribution is 2.08. The first-order valence-corrected chi connectivity index (χ1v) is 8.48. The van der Waals surface area contributed by atoms with E-state index < -0.39 is 0 Å². The zero-order valence-corrected chi connectivity index (χ0v) is 13.2. The van der Waals surface area contributed by atoms with Crippen LogP contribution in [-0.2, 0) is 0 Å². The zero-order valence-electron chi connectivity index (χ0n) is 13.2. The minimum absolute atomic E-state index is 1.10. The second-order valence-electron chi connectivity index (χ2n) is 5.47. The van der Waals surface area contributed by atoms with E-state index >= 15 is 0 Å². The van der Waals surface area contributed by atoms with Crippen LogP contribution >= 0.6 is 0 Å². The van der Waals surface area contributed by atoms with E-state index in [-0.39, 0.29) is 0 Å². The zero-order chi connectivity index (χ0) is 14.0. The molecule has 19 heavy (non-hydrogen) atoms. The summed E-state index contributed by atoms with van der Waals surface area (Å²) in [6.45, 7) is 6.01. The van der Waals surface area contributed by atoms with Gasteiger partial charge in [-0.3, -0.25) is 0 Å². The van der Waals surface area contributed by atoms with Crippen LogP contribution in [0.5, 0.6) is 0 Å². The van der Waals surface area contributed by atoms with Crippen LogP contribution in [0.3, 0.4) is 0 Å². The fourth-order valence-corrected chi connectivity index (χ4v) is 2.20. The number of rotatable bonds is 13. The molecule has 0 amide bonds. The third-order valence-corrected chi connectivity index (χ3v) is 3.49. The molecule has 0 aromatic rings. The van der Waals surface area contributed by atoms with Crippen molar-refractivity contribution in [1.82, 2.24) is 0 Å². The molecular formula is C19H34. The van der Waals surface area contributed by atoms with E-state index in [2.05, 4.69) is 25.3 Å². The van der Waals surface area contributed by atoms with Gasteiger partial charge >= 0.3 is 0 Å². The molecule has 0 aromatic heterocycles. The van der Waals surface area contributed by atoms with Gasteiger partial charge in [0.05, 0.1) is 0 Å². The third kappa shape index (κ3) is 17.3. The quantitative estimate of drug-likeness (QED) is 0.198. The van der Waals surface area contributed by atoms with Crippen LogP contribution in [0.25, 0.3) is 0 Å². The molecule has 0 saturated carbocycles. The van der Waals surface area contributed by atoms with Crippen molar-refractivity contribution < 1.29 is 0 Å². The Morgan fingerprint density at radius 3 is 1.68 bits per heavy atom. The lowest BCUT2D eigenvalue weighted by Gasteiger charge is -1.98. The summed E-state index contributed by atoms with van der Waals surface area (Å²) in [5.41, 5.74) is 0. The summed E-state index contributed by atoms with van der Waals surface area (Å²) in [7, 11) is 0. The van der Waals surface area contributed by atoms with E-state index in [1.807, 2.05) is 6.08 Å². The predicted octanol–water partition coefficient (Wildman–Crippen LogP) is 6.66. The molecule has 0 fully saturated rings. The second kappa shape index (κ2) is 17.3. The number of hydrogen-bond acceptors (Lipinski definition) is 0. The van der Waals surface area contributed by atoms with Crippen LogP contribution in [-0.4, -0.2) is 0 Å². The van der Waals surface area contributed by atoms with Crippen molar-refractivity contribution in [2.24, 2.45) is 0 Å². The van der Waals surface area contributed by atoms with Gasteiger partial charge in [0.2, 0.25) is 0 Å². The van der Waals surface area contributed by atoms with Gasteiger partial charge < -0.3 is 0 Å². The molecule has 0 atom stereocenters. The van der Waals surface area contributed by atoms with E-state index in [1.165, 1.54) is 77.0 Å². The summed E-state index contributed by atoms with van der Waals surface area (Å²) in [6, 6.07) is 0. The largest absolute Gasteiger partial charge is 0.103 e. The Kier molecular flexibility index (Phi) is 16.7. The van der Waals surface area contributed by atoms with Crippen LogP contribution in [0, 0.1) is 11.8 Å². The maximum absolute atomic E-state index is 3.74. The lowest BCUT2D eigenvalue weighted by atomic mass is 10.1. The lowest BCUT2D eigenvalue weighted by molar-refractivity contribution is 0.594. The van der Waals surface area contributed by atoms with Crippen molar-refractivity contribution in [3.05, 3.63) is 12.7 Å². The summed E-state index contributed by atoms with van der Waals surface area (Å²) in [4.78, 5) is 0. The first-order chi connectivity index (χ1) is 9.41. The summed E-state index contributed by atoms with van der Waals surface area (Å²) >= 11 is 0. The van der Waals surface area contributed by atoms with Crippen molar-refractivity contribution in [2.75, 3.05) is 0 Å². The molecule has 0 aromatic carbocycles. The highest BCUT2D eigenvalue weighted by atomic mass is 14.0. The molecule has 0 nitrogen and oxygen atoms in total. The average molecular weight is 262 g/mol. The third-order valence-electron chi connectivity index (χ3n) is 3.49. The Bertz CT molecular complexity index is 228. The Labute approximate surface area is 122 Å². The smallest absolute Gasteiger partial charge is 0.00886 e. The molecule has 0 N–H and O–H groups in total. The Hall–Kier alpha value is -0.700. The highest BCUT2D eigenvalue weighted by molar-refractivity contribution is 4.98. The fourth-order valence-electron chi connectivity index (χ4n) is 2.20. The van der Waals surface area contributed by atoms with Gasteiger partial charge in [0, 0.05) is 12.8 Å². The van der Waals surface area contributed by atoms with Gasteiger partial charge in [-0.1, -0.05) is 64.4 Å².